The fourth-order valence-corrected chi connectivity index (χ4v) is 3.20. The number of likely N-dealkylation sites (tertiary alicyclic amines) is 1. The van der Waals surface area contributed by atoms with Crippen LogP contribution in [0, 0.1) is 6.92 Å². The minimum Gasteiger partial charge on any atom is -0.494 e. The molecule has 1 aromatic heterocycles. The van der Waals surface area contributed by atoms with Gasteiger partial charge in [-0.3, -0.25) is 4.79 Å². The Morgan fingerprint density at radius 2 is 2.05 bits per heavy atom. The average molecular weight is 287 g/mol. The lowest BCUT2D eigenvalue weighted by Gasteiger charge is -2.14. The Morgan fingerprint density at radius 3 is 2.76 bits per heavy atom. The molecule has 0 aliphatic carbocycles. The van der Waals surface area contributed by atoms with Crippen molar-refractivity contribution in [3.05, 3.63) is 39.7 Å². The molecule has 0 spiro atoms. The maximum atomic E-state index is 12.8. The van der Waals surface area contributed by atoms with E-state index in [1.165, 1.54) is 30.8 Å². The SMILES string of the molecule is CCOc1ccc2[nH]c(C)c(C[NH+]3CCCC3)c(=O)c2c1. The van der Waals surface area contributed by atoms with Crippen molar-refractivity contribution in [1.82, 2.24) is 4.98 Å². The van der Waals surface area contributed by atoms with E-state index >= 15 is 0 Å². The Morgan fingerprint density at radius 1 is 1.29 bits per heavy atom. The first-order valence-electron chi connectivity index (χ1n) is 7.81. The zero-order valence-corrected chi connectivity index (χ0v) is 12.8. The van der Waals surface area contributed by atoms with Crippen molar-refractivity contribution in [2.24, 2.45) is 0 Å². The number of hydrogen-bond donors (Lipinski definition) is 2. The van der Waals surface area contributed by atoms with E-state index in [-0.39, 0.29) is 5.43 Å². The number of nitrogens with one attached hydrogen (secondary N) is 2. The fourth-order valence-electron chi connectivity index (χ4n) is 3.20. The summed E-state index contributed by atoms with van der Waals surface area (Å²) in [6, 6.07) is 5.70. The molecule has 21 heavy (non-hydrogen) atoms. The number of aromatic nitrogens is 1. The van der Waals surface area contributed by atoms with E-state index in [9.17, 15) is 4.79 Å². The fraction of sp³-hybridized carbons (Fsp3) is 0.471. The van der Waals surface area contributed by atoms with Crippen LogP contribution in [0.15, 0.2) is 23.0 Å². The molecule has 0 saturated carbocycles. The zero-order chi connectivity index (χ0) is 14.8. The molecule has 4 nitrogen and oxygen atoms in total. The highest BCUT2D eigenvalue weighted by atomic mass is 16.5. The summed E-state index contributed by atoms with van der Waals surface area (Å²) in [5, 5.41) is 0.736. The van der Waals surface area contributed by atoms with Crippen molar-refractivity contribution in [2.75, 3.05) is 19.7 Å². The molecule has 2 aromatic rings. The summed E-state index contributed by atoms with van der Waals surface area (Å²) in [7, 11) is 0. The van der Waals surface area contributed by atoms with Gasteiger partial charge >= 0.3 is 0 Å². The van der Waals surface area contributed by atoms with Gasteiger partial charge in [0, 0.05) is 29.4 Å². The lowest BCUT2D eigenvalue weighted by atomic mass is 10.1. The summed E-state index contributed by atoms with van der Waals surface area (Å²) < 4.78 is 5.51. The molecule has 0 radical (unpaired) electrons. The van der Waals surface area contributed by atoms with Gasteiger partial charge in [-0.2, -0.15) is 0 Å². The van der Waals surface area contributed by atoms with E-state index in [0.717, 1.165) is 34.5 Å². The number of ether oxygens (including phenoxy) is 1. The summed E-state index contributed by atoms with van der Waals surface area (Å²) in [6.07, 6.45) is 2.54. The van der Waals surface area contributed by atoms with E-state index in [2.05, 4.69) is 4.98 Å². The van der Waals surface area contributed by atoms with E-state index in [1.807, 2.05) is 32.0 Å². The monoisotopic (exact) mass is 287 g/mol. The summed E-state index contributed by atoms with van der Waals surface area (Å²) in [5.41, 5.74) is 2.97. The highest BCUT2D eigenvalue weighted by Crippen LogP contribution is 2.18. The van der Waals surface area contributed by atoms with Gasteiger partial charge < -0.3 is 14.6 Å². The number of benzene rings is 1. The Bertz CT molecular complexity index is 700. The molecule has 1 aliphatic rings. The zero-order valence-electron chi connectivity index (χ0n) is 12.8. The molecule has 1 saturated heterocycles. The number of hydrogen-bond acceptors (Lipinski definition) is 2. The first kappa shape index (κ1) is 14.1. The van der Waals surface area contributed by atoms with Crippen LogP contribution in [-0.4, -0.2) is 24.7 Å². The number of H-pyrrole nitrogens is 1. The van der Waals surface area contributed by atoms with Crippen LogP contribution in [0.5, 0.6) is 5.75 Å². The van der Waals surface area contributed by atoms with Crippen LogP contribution in [0.2, 0.25) is 0 Å². The molecule has 0 atom stereocenters. The number of quaternary nitrogens is 1. The normalized spacial score (nSPS) is 15.7. The van der Waals surface area contributed by atoms with Gasteiger partial charge in [0.2, 0.25) is 0 Å². The maximum Gasteiger partial charge on any atom is 0.198 e. The third-order valence-electron chi connectivity index (χ3n) is 4.33. The van der Waals surface area contributed by atoms with Gasteiger partial charge in [-0.25, -0.2) is 0 Å². The minimum absolute atomic E-state index is 0.155. The van der Waals surface area contributed by atoms with Crippen molar-refractivity contribution in [3.8, 4) is 5.75 Å². The summed E-state index contributed by atoms with van der Waals surface area (Å²) in [5.74, 6) is 0.763. The first-order chi connectivity index (χ1) is 10.2. The number of aromatic amines is 1. The Balaban J connectivity index is 2.04. The predicted octanol–water partition coefficient (Wildman–Crippen LogP) is 1.41. The summed E-state index contributed by atoms with van der Waals surface area (Å²) in [4.78, 5) is 17.7. The molecule has 1 aliphatic heterocycles. The number of fused-ring (bicyclic) bond motifs is 1. The standard InChI is InChI=1S/C17H22N2O2/c1-3-21-13-6-7-16-14(10-13)17(20)15(12(2)18-16)11-19-8-4-5-9-19/h6-7,10H,3-5,8-9,11H2,1-2H3,(H,18,20)/p+1. The lowest BCUT2D eigenvalue weighted by Crippen LogP contribution is -3.08. The second-order valence-corrected chi connectivity index (χ2v) is 5.83. The van der Waals surface area contributed by atoms with Gasteiger partial charge in [0.05, 0.1) is 25.3 Å². The number of rotatable bonds is 4. The van der Waals surface area contributed by atoms with E-state index in [1.54, 1.807) is 0 Å². The van der Waals surface area contributed by atoms with Crippen LogP contribution in [0.4, 0.5) is 0 Å². The third kappa shape index (κ3) is 2.81. The third-order valence-corrected chi connectivity index (χ3v) is 4.33. The molecule has 1 aromatic carbocycles. The molecule has 0 unspecified atom stereocenters. The van der Waals surface area contributed by atoms with E-state index < -0.39 is 0 Å². The van der Waals surface area contributed by atoms with Crippen molar-refractivity contribution >= 4 is 10.9 Å². The Labute approximate surface area is 124 Å². The second kappa shape index (κ2) is 5.90. The smallest absolute Gasteiger partial charge is 0.198 e. The highest BCUT2D eigenvalue weighted by molar-refractivity contribution is 5.81. The molecule has 4 heteroatoms. The van der Waals surface area contributed by atoms with Crippen LogP contribution < -0.4 is 15.1 Å². The van der Waals surface area contributed by atoms with Gasteiger partial charge in [-0.05, 0) is 32.0 Å². The molecular weight excluding hydrogens is 264 g/mol. The molecule has 3 rings (SSSR count). The molecule has 0 amide bonds. The number of aryl methyl sites for hydroxylation is 1. The minimum atomic E-state index is 0.155. The van der Waals surface area contributed by atoms with E-state index in [0.29, 0.717) is 6.61 Å². The largest absolute Gasteiger partial charge is 0.494 e. The summed E-state index contributed by atoms with van der Waals surface area (Å²) in [6.45, 7) is 7.75. The predicted molar refractivity (Wildman–Crippen MR) is 84.1 cm³/mol. The lowest BCUT2D eigenvalue weighted by molar-refractivity contribution is -0.901. The quantitative estimate of drug-likeness (QED) is 0.893. The van der Waals surface area contributed by atoms with Crippen molar-refractivity contribution < 1.29 is 9.64 Å². The van der Waals surface area contributed by atoms with Gasteiger partial charge in [-0.15, -0.1) is 0 Å². The van der Waals surface area contributed by atoms with Crippen LogP contribution >= 0.6 is 0 Å². The maximum absolute atomic E-state index is 12.8. The topological polar surface area (TPSA) is 46.5 Å². The summed E-state index contributed by atoms with van der Waals surface area (Å²) >= 11 is 0. The highest BCUT2D eigenvalue weighted by Gasteiger charge is 2.19. The molecule has 1 fully saturated rings. The van der Waals surface area contributed by atoms with Gasteiger partial charge in [0.15, 0.2) is 5.43 Å². The van der Waals surface area contributed by atoms with Crippen LogP contribution in [0.25, 0.3) is 10.9 Å². The number of pyridine rings is 1. The van der Waals surface area contributed by atoms with Crippen LogP contribution in [0.1, 0.15) is 31.0 Å². The molecule has 112 valence electrons. The first-order valence-corrected chi connectivity index (χ1v) is 7.81. The Kier molecular flexibility index (Phi) is 3.97. The average Bonchev–Trinajstić information content (AvgIpc) is 2.98. The molecular formula is C17H23N2O2+. The second-order valence-electron chi connectivity index (χ2n) is 5.83. The van der Waals surface area contributed by atoms with Crippen LogP contribution in [0.3, 0.4) is 0 Å². The van der Waals surface area contributed by atoms with E-state index in [4.69, 9.17) is 4.74 Å². The van der Waals surface area contributed by atoms with Crippen molar-refractivity contribution in [1.29, 1.82) is 0 Å². The molecule has 0 bridgehead atoms. The van der Waals surface area contributed by atoms with Crippen molar-refractivity contribution in [2.45, 2.75) is 33.2 Å². The Hall–Kier alpha value is -1.81. The van der Waals surface area contributed by atoms with Gasteiger partial charge in [-0.1, -0.05) is 0 Å². The van der Waals surface area contributed by atoms with Gasteiger partial charge in [0.25, 0.3) is 0 Å². The van der Waals surface area contributed by atoms with Crippen molar-refractivity contribution in [3.63, 3.8) is 0 Å². The van der Waals surface area contributed by atoms with Gasteiger partial charge in [0.1, 0.15) is 12.3 Å². The molecule has 2 N–H and O–H groups in total. The van der Waals surface area contributed by atoms with Crippen LogP contribution in [-0.2, 0) is 6.54 Å². The molecule has 2 heterocycles.